The number of benzene rings is 2. The van der Waals surface area contributed by atoms with E-state index in [0.717, 1.165) is 0 Å². The third-order valence-corrected chi connectivity index (χ3v) is 2.96. The Morgan fingerprint density at radius 2 is 1.27 bits per heavy atom. The highest BCUT2D eigenvalue weighted by Gasteiger charge is 2.13. The second kappa shape index (κ2) is 6.53. The van der Waals surface area contributed by atoms with Crippen LogP contribution in [0.15, 0.2) is 48.5 Å². The van der Waals surface area contributed by atoms with E-state index in [1.807, 2.05) is 0 Å². The number of carbonyl (C=O) groups is 3. The van der Waals surface area contributed by atoms with Crippen LogP contribution in [0, 0.1) is 0 Å². The third-order valence-electron chi connectivity index (χ3n) is 2.96. The number of carbonyl (C=O) groups excluding carboxylic acids is 2. The minimum absolute atomic E-state index is 0.0162. The molecule has 0 aliphatic rings. The molecular formula is C16H14N2O4. The summed E-state index contributed by atoms with van der Waals surface area (Å²) in [7, 11) is 0. The molecule has 22 heavy (non-hydrogen) atoms. The van der Waals surface area contributed by atoms with Gasteiger partial charge in [-0.15, -0.1) is 0 Å². The Labute approximate surface area is 126 Å². The van der Waals surface area contributed by atoms with Crippen molar-refractivity contribution in [1.82, 2.24) is 0 Å². The van der Waals surface area contributed by atoms with Crippen molar-refractivity contribution in [2.24, 2.45) is 0 Å². The van der Waals surface area contributed by atoms with Gasteiger partial charge in [-0.3, -0.25) is 4.79 Å². The van der Waals surface area contributed by atoms with Crippen LogP contribution in [0.5, 0.6) is 0 Å². The van der Waals surface area contributed by atoms with Gasteiger partial charge in [0, 0.05) is 5.56 Å². The van der Waals surface area contributed by atoms with Gasteiger partial charge in [-0.2, -0.15) is 0 Å². The van der Waals surface area contributed by atoms with Crippen LogP contribution in [-0.4, -0.2) is 22.9 Å². The second-order valence-corrected chi connectivity index (χ2v) is 4.53. The molecular weight excluding hydrogens is 284 g/mol. The van der Waals surface area contributed by atoms with Gasteiger partial charge < -0.3 is 15.7 Å². The predicted octanol–water partition coefficient (Wildman–Crippen LogP) is 3.23. The Morgan fingerprint density at radius 3 is 1.77 bits per heavy atom. The van der Waals surface area contributed by atoms with Crippen molar-refractivity contribution in [2.45, 2.75) is 6.92 Å². The van der Waals surface area contributed by atoms with Crippen molar-refractivity contribution >= 4 is 29.2 Å². The average Bonchev–Trinajstić information content (AvgIpc) is 2.47. The lowest BCUT2D eigenvalue weighted by Crippen LogP contribution is -2.22. The quantitative estimate of drug-likeness (QED) is 0.755. The monoisotopic (exact) mass is 298 g/mol. The first-order chi connectivity index (χ1) is 10.5. The van der Waals surface area contributed by atoms with E-state index < -0.39 is 12.0 Å². The van der Waals surface area contributed by atoms with Gasteiger partial charge in [0.25, 0.3) is 0 Å². The number of para-hydroxylation sites is 2. The number of hydrogen-bond acceptors (Lipinski definition) is 3. The molecule has 2 rings (SSSR count). The fourth-order valence-corrected chi connectivity index (χ4v) is 1.95. The van der Waals surface area contributed by atoms with Crippen molar-refractivity contribution in [3.8, 4) is 0 Å². The average molecular weight is 298 g/mol. The first kappa shape index (κ1) is 15.2. The van der Waals surface area contributed by atoms with E-state index in [2.05, 4.69) is 10.6 Å². The Hall–Kier alpha value is -3.15. The van der Waals surface area contributed by atoms with Gasteiger partial charge in [-0.1, -0.05) is 24.3 Å². The minimum Gasteiger partial charge on any atom is -0.478 e. The summed E-state index contributed by atoms with van der Waals surface area (Å²) in [6, 6.07) is 12.0. The maximum absolute atomic E-state index is 12.0. The van der Waals surface area contributed by atoms with Crippen molar-refractivity contribution in [3.63, 3.8) is 0 Å². The Kier molecular flexibility index (Phi) is 4.53. The molecule has 2 aromatic rings. The van der Waals surface area contributed by atoms with Crippen molar-refractivity contribution in [2.75, 3.05) is 10.6 Å². The summed E-state index contributed by atoms with van der Waals surface area (Å²) in [4.78, 5) is 34.6. The topological polar surface area (TPSA) is 95.5 Å². The molecule has 2 amide bonds. The Morgan fingerprint density at radius 1 is 0.818 bits per heavy atom. The molecule has 0 atom stereocenters. The number of Topliss-reactive ketones (excluding diaryl/α,β-unsaturated/α-hetero) is 1. The van der Waals surface area contributed by atoms with Crippen LogP contribution in [0.1, 0.15) is 27.6 Å². The van der Waals surface area contributed by atoms with Crippen molar-refractivity contribution in [3.05, 3.63) is 59.7 Å². The summed E-state index contributed by atoms with van der Waals surface area (Å²) in [5, 5.41) is 14.1. The zero-order valence-electron chi connectivity index (χ0n) is 11.8. The molecule has 0 spiro atoms. The number of anilines is 2. The lowest BCUT2D eigenvalue weighted by atomic mass is 10.1. The fourth-order valence-electron chi connectivity index (χ4n) is 1.95. The van der Waals surface area contributed by atoms with Gasteiger partial charge in [0.15, 0.2) is 5.78 Å². The molecule has 0 saturated carbocycles. The molecule has 0 aliphatic heterocycles. The second-order valence-electron chi connectivity index (χ2n) is 4.53. The van der Waals surface area contributed by atoms with Crippen LogP contribution in [0.4, 0.5) is 16.2 Å². The molecule has 0 radical (unpaired) electrons. The summed E-state index contributed by atoms with van der Waals surface area (Å²) < 4.78 is 0. The van der Waals surface area contributed by atoms with E-state index >= 15 is 0 Å². The smallest absolute Gasteiger partial charge is 0.337 e. The van der Waals surface area contributed by atoms with E-state index in [4.69, 9.17) is 5.11 Å². The summed E-state index contributed by atoms with van der Waals surface area (Å²) in [6.45, 7) is 1.40. The molecule has 3 N–H and O–H groups in total. The molecule has 0 unspecified atom stereocenters. The molecule has 112 valence electrons. The molecule has 0 aromatic heterocycles. The predicted molar refractivity (Wildman–Crippen MR) is 82.5 cm³/mol. The van der Waals surface area contributed by atoms with Crippen LogP contribution < -0.4 is 10.6 Å². The summed E-state index contributed by atoms with van der Waals surface area (Å²) in [5.74, 6) is -1.32. The number of urea groups is 1. The third kappa shape index (κ3) is 3.49. The fraction of sp³-hybridized carbons (Fsp3) is 0.0625. The van der Waals surface area contributed by atoms with E-state index in [-0.39, 0.29) is 17.0 Å². The summed E-state index contributed by atoms with van der Waals surface area (Å²) in [6.07, 6.45) is 0. The highest BCUT2D eigenvalue weighted by atomic mass is 16.4. The molecule has 0 saturated heterocycles. The highest BCUT2D eigenvalue weighted by molar-refractivity contribution is 6.08. The lowest BCUT2D eigenvalue weighted by molar-refractivity contribution is 0.0697. The molecule has 0 heterocycles. The number of aromatic carboxylic acids is 1. The number of hydrogen-bond donors (Lipinski definition) is 3. The highest BCUT2D eigenvalue weighted by Crippen LogP contribution is 2.18. The van der Waals surface area contributed by atoms with E-state index in [9.17, 15) is 14.4 Å². The number of amides is 2. The summed E-state index contributed by atoms with van der Waals surface area (Å²) >= 11 is 0. The Bertz CT molecular complexity index is 679. The molecule has 0 bridgehead atoms. The number of ketones is 1. The van der Waals surface area contributed by atoms with E-state index in [1.54, 1.807) is 36.4 Å². The van der Waals surface area contributed by atoms with Crippen LogP contribution in [0.25, 0.3) is 0 Å². The van der Waals surface area contributed by atoms with Gasteiger partial charge >= 0.3 is 12.0 Å². The van der Waals surface area contributed by atoms with Crippen molar-refractivity contribution in [1.29, 1.82) is 0 Å². The normalized spacial score (nSPS) is 9.86. The van der Waals surface area contributed by atoms with Crippen LogP contribution >= 0.6 is 0 Å². The molecule has 2 aromatic carbocycles. The molecule has 0 aliphatic carbocycles. The van der Waals surface area contributed by atoms with Crippen molar-refractivity contribution < 1.29 is 19.5 Å². The van der Waals surface area contributed by atoms with Gasteiger partial charge in [0.05, 0.1) is 16.9 Å². The maximum atomic E-state index is 12.0. The van der Waals surface area contributed by atoms with E-state index in [0.29, 0.717) is 11.3 Å². The van der Waals surface area contributed by atoms with Gasteiger partial charge in [-0.05, 0) is 31.2 Å². The zero-order chi connectivity index (χ0) is 16.1. The first-order valence-corrected chi connectivity index (χ1v) is 6.49. The standard InChI is InChI=1S/C16H14N2O4/c1-10(19)11-6-2-4-8-13(11)17-16(22)18-14-9-5-3-7-12(14)15(20)21/h2-9H,1H3,(H,20,21)(H2,17,18,22). The SMILES string of the molecule is CC(=O)c1ccccc1NC(=O)Nc1ccccc1C(=O)O. The van der Waals surface area contributed by atoms with Gasteiger partial charge in [0.1, 0.15) is 0 Å². The van der Waals surface area contributed by atoms with E-state index in [1.165, 1.54) is 19.1 Å². The first-order valence-electron chi connectivity index (χ1n) is 6.49. The number of carboxylic acid groups (broad SMARTS) is 1. The van der Waals surface area contributed by atoms with Gasteiger partial charge in [-0.25, -0.2) is 9.59 Å². The lowest BCUT2D eigenvalue weighted by Gasteiger charge is -2.11. The zero-order valence-corrected chi connectivity index (χ0v) is 11.8. The van der Waals surface area contributed by atoms with Crippen LogP contribution in [0.3, 0.4) is 0 Å². The molecule has 6 nitrogen and oxygen atoms in total. The number of carboxylic acids is 1. The van der Waals surface area contributed by atoms with Crippen LogP contribution in [-0.2, 0) is 0 Å². The largest absolute Gasteiger partial charge is 0.478 e. The molecule has 6 heteroatoms. The molecule has 0 fully saturated rings. The van der Waals surface area contributed by atoms with Gasteiger partial charge in [0.2, 0.25) is 0 Å². The minimum atomic E-state index is -1.14. The number of rotatable bonds is 4. The summed E-state index contributed by atoms with van der Waals surface area (Å²) in [5.41, 5.74) is 0.898. The maximum Gasteiger partial charge on any atom is 0.337 e. The number of nitrogens with one attached hydrogen (secondary N) is 2. The Balaban J connectivity index is 2.18. The van der Waals surface area contributed by atoms with Crippen LogP contribution in [0.2, 0.25) is 0 Å².